The van der Waals surface area contributed by atoms with E-state index in [4.69, 9.17) is 11.5 Å². The molecule has 3 rings (SSSR count). The zero-order valence-electron chi connectivity index (χ0n) is 14.6. The van der Waals surface area contributed by atoms with E-state index in [0.717, 1.165) is 41.1 Å². The third kappa shape index (κ3) is 4.02. The van der Waals surface area contributed by atoms with E-state index in [-0.39, 0.29) is 16.5 Å². The first-order valence-electron chi connectivity index (χ1n) is 8.00. The standard InChI is InChI=1S/C18H11F6N3O3/c19-17(20,21)13-5-8(15(25)28)1-3-10(13)12-7-27(16(26)29)14-4-2-9(6-11(12)14)30-18(22,23)24/h1-7H,(H2,25,28)(H2,26,29). The van der Waals surface area contributed by atoms with Gasteiger partial charge >= 0.3 is 18.6 Å². The number of benzene rings is 2. The SMILES string of the molecule is NC(=O)c1ccc(-c2cn(C(N)=O)c3ccc(OC(F)(F)F)cc23)c(C(F)(F)F)c1. The summed E-state index contributed by atoms with van der Waals surface area (Å²) in [5.74, 6) is -1.81. The molecule has 0 aliphatic heterocycles. The highest BCUT2D eigenvalue weighted by atomic mass is 19.4. The Kier molecular flexibility index (Phi) is 4.88. The fraction of sp³-hybridized carbons (Fsp3) is 0.111. The third-order valence-electron chi connectivity index (χ3n) is 4.15. The molecule has 158 valence electrons. The minimum atomic E-state index is -5.04. The number of ether oxygens (including phenoxy) is 1. The van der Waals surface area contributed by atoms with E-state index in [1.165, 1.54) is 0 Å². The average molecular weight is 431 g/mol. The number of hydrogen-bond donors (Lipinski definition) is 2. The number of alkyl halides is 6. The van der Waals surface area contributed by atoms with Crippen LogP contribution in [0, 0.1) is 0 Å². The van der Waals surface area contributed by atoms with Crippen LogP contribution in [0.25, 0.3) is 22.0 Å². The molecule has 0 aliphatic carbocycles. The van der Waals surface area contributed by atoms with Crippen LogP contribution in [0.5, 0.6) is 5.75 Å². The lowest BCUT2D eigenvalue weighted by Gasteiger charge is -2.14. The van der Waals surface area contributed by atoms with Crippen LogP contribution in [0.1, 0.15) is 15.9 Å². The number of primary amides is 2. The van der Waals surface area contributed by atoms with Crippen molar-refractivity contribution in [2.45, 2.75) is 12.5 Å². The van der Waals surface area contributed by atoms with Crippen molar-refractivity contribution in [3.8, 4) is 16.9 Å². The van der Waals surface area contributed by atoms with Crippen molar-refractivity contribution in [2.75, 3.05) is 0 Å². The van der Waals surface area contributed by atoms with Gasteiger partial charge in [0.1, 0.15) is 5.75 Å². The van der Waals surface area contributed by atoms with Gasteiger partial charge in [0.15, 0.2) is 0 Å². The lowest BCUT2D eigenvalue weighted by Crippen LogP contribution is -2.18. The fourth-order valence-corrected chi connectivity index (χ4v) is 2.97. The molecule has 0 saturated heterocycles. The number of fused-ring (bicyclic) bond motifs is 1. The second kappa shape index (κ2) is 6.97. The number of rotatable bonds is 3. The second-order valence-corrected chi connectivity index (χ2v) is 6.10. The number of nitrogens with zero attached hydrogens (tertiary/aromatic N) is 1. The van der Waals surface area contributed by atoms with Crippen LogP contribution in [0.3, 0.4) is 0 Å². The van der Waals surface area contributed by atoms with Crippen LogP contribution in [0.4, 0.5) is 31.1 Å². The third-order valence-corrected chi connectivity index (χ3v) is 4.15. The molecular formula is C18H11F6N3O3. The maximum absolute atomic E-state index is 13.6. The van der Waals surface area contributed by atoms with Crippen molar-refractivity contribution in [1.82, 2.24) is 4.57 Å². The molecular weight excluding hydrogens is 420 g/mol. The Morgan fingerprint density at radius 3 is 2.10 bits per heavy atom. The zero-order valence-corrected chi connectivity index (χ0v) is 14.6. The van der Waals surface area contributed by atoms with Gasteiger partial charge in [-0.05, 0) is 35.9 Å². The van der Waals surface area contributed by atoms with Gasteiger partial charge in [0.2, 0.25) is 5.91 Å². The van der Waals surface area contributed by atoms with E-state index in [0.29, 0.717) is 6.07 Å². The fourth-order valence-electron chi connectivity index (χ4n) is 2.97. The number of aromatic nitrogens is 1. The summed E-state index contributed by atoms with van der Waals surface area (Å²) < 4.78 is 83.1. The van der Waals surface area contributed by atoms with Gasteiger partial charge in [-0.15, -0.1) is 13.2 Å². The van der Waals surface area contributed by atoms with Crippen LogP contribution >= 0.6 is 0 Å². The normalized spacial score (nSPS) is 12.2. The molecule has 12 heteroatoms. The highest BCUT2D eigenvalue weighted by Crippen LogP contribution is 2.41. The number of amides is 2. The van der Waals surface area contributed by atoms with Crippen molar-refractivity contribution in [3.63, 3.8) is 0 Å². The summed E-state index contributed by atoms with van der Waals surface area (Å²) in [4.78, 5) is 23.0. The molecule has 4 N–H and O–H groups in total. The molecule has 0 aliphatic rings. The molecule has 0 fully saturated rings. The Hall–Kier alpha value is -3.70. The predicted octanol–water partition coefficient (Wildman–Crippen LogP) is 4.25. The van der Waals surface area contributed by atoms with Gasteiger partial charge < -0.3 is 16.2 Å². The van der Waals surface area contributed by atoms with Gasteiger partial charge in [-0.3, -0.25) is 9.36 Å². The zero-order chi connectivity index (χ0) is 22.4. The Morgan fingerprint density at radius 2 is 1.57 bits per heavy atom. The van der Waals surface area contributed by atoms with Gasteiger partial charge in [-0.1, -0.05) is 6.07 Å². The number of carbonyl (C=O) groups excluding carboxylic acids is 2. The first-order valence-corrected chi connectivity index (χ1v) is 8.00. The summed E-state index contributed by atoms with van der Waals surface area (Å²) in [6.45, 7) is 0. The molecule has 6 nitrogen and oxygen atoms in total. The molecule has 2 aromatic carbocycles. The lowest BCUT2D eigenvalue weighted by molar-refractivity contribution is -0.274. The molecule has 1 aromatic heterocycles. The first-order chi connectivity index (χ1) is 13.8. The second-order valence-electron chi connectivity index (χ2n) is 6.10. The first kappa shape index (κ1) is 21.0. The molecule has 0 saturated carbocycles. The average Bonchev–Trinajstić information content (AvgIpc) is 2.98. The van der Waals surface area contributed by atoms with Crippen LogP contribution in [0.2, 0.25) is 0 Å². The van der Waals surface area contributed by atoms with E-state index in [1.54, 1.807) is 0 Å². The molecule has 0 spiro atoms. The maximum atomic E-state index is 13.6. The van der Waals surface area contributed by atoms with Gasteiger partial charge in [-0.25, -0.2) is 4.79 Å². The number of carbonyl (C=O) groups is 2. The largest absolute Gasteiger partial charge is 0.573 e. The highest BCUT2D eigenvalue weighted by molar-refractivity contribution is 6.03. The van der Waals surface area contributed by atoms with Gasteiger partial charge in [0.05, 0.1) is 11.1 Å². The molecule has 2 amide bonds. The van der Waals surface area contributed by atoms with Crippen LogP contribution in [-0.4, -0.2) is 22.9 Å². The molecule has 3 aromatic rings. The summed E-state index contributed by atoms with van der Waals surface area (Å²) in [7, 11) is 0. The van der Waals surface area contributed by atoms with Crippen molar-refractivity contribution in [1.29, 1.82) is 0 Å². The Bertz CT molecular complexity index is 1160. The molecule has 0 radical (unpaired) electrons. The summed E-state index contributed by atoms with van der Waals surface area (Å²) >= 11 is 0. The van der Waals surface area contributed by atoms with E-state index in [2.05, 4.69) is 4.74 Å². The molecule has 0 unspecified atom stereocenters. The number of nitrogens with two attached hydrogens (primary N) is 2. The molecule has 1 heterocycles. The van der Waals surface area contributed by atoms with Crippen molar-refractivity contribution < 1.29 is 40.7 Å². The Labute approximate surface area is 163 Å². The molecule has 0 atom stereocenters. The monoisotopic (exact) mass is 431 g/mol. The van der Waals surface area contributed by atoms with Gasteiger partial charge in [0.25, 0.3) is 0 Å². The topological polar surface area (TPSA) is 100 Å². The smallest absolute Gasteiger partial charge is 0.406 e. The Morgan fingerprint density at radius 1 is 0.900 bits per heavy atom. The molecule has 30 heavy (non-hydrogen) atoms. The van der Waals surface area contributed by atoms with Gasteiger partial charge in [-0.2, -0.15) is 13.2 Å². The van der Waals surface area contributed by atoms with E-state index < -0.39 is 46.9 Å². The van der Waals surface area contributed by atoms with Crippen LogP contribution in [-0.2, 0) is 6.18 Å². The predicted molar refractivity (Wildman–Crippen MR) is 92.6 cm³/mol. The maximum Gasteiger partial charge on any atom is 0.573 e. The quantitative estimate of drug-likeness (QED) is 0.607. The van der Waals surface area contributed by atoms with E-state index in [9.17, 15) is 35.9 Å². The summed E-state index contributed by atoms with van der Waals surface area (Å²) in [6.07, 6.45) is -9.03. The van der Waals surface area contributed by atoms with Gasteiger partial charge in [0, 0.05) is 22.7 Å². The lowest BCUT2D eigenvalue weighted by atomic mass is 9.96. The van der Waals surface area contributed by atoms with Crippen molar-refractivity contribution in [2.24, 2.45) is 11.5 Å². The highest BCUT2D eigenvalue weighted by Gasteiger charge is 2.36. The molecule has 0 bridgehead atoms. The van der Waals surface area contributed by atoms with Crippen molar-refractivity contribution in [3.05, 3.63) is 53.7 Å². The minimum absolute atomic E-state index is 0.0425. The summed E-state index contributed by atoms with van der Waals surface area (Å²) in [6, 6.07) is 4.17. The summed E-state index contributed by atoms with van der Waals surface area (Å²) in [5, 5.41) is -0.159. The van der Waals surface area contributed by atoms with Crippen LogP contribution in [0.15, 0.2) is 42.6 Å². The van der Waals surface area contributed by atoms with Crippen LogP contribution < -0.4 is 16.2 Å². The Balaban J connectivity index is 2.33. The minimum Gasteiger partial charge on any atom is -0.406 e. The van der Waals surface area contributed by atoms with Crippen molar-refractivity contribution >= 4 is 22.8 Å². The van der Waals surface area contributed by atoms with E-state index >= 15 is 0 Å². The number of hydrogen-bond acceptors (Lipinski definition) is 3. The van der Waals surface area contributed by atoms with E-state index in [1.807, 2.05) is 0 Å². The summed E-state index contributed by atoms with van der Waals surface area (Å²) in [5.41, 5.74) is 7.77. The number of halogens is 6.